The van der Waals surface area contributed by atoms with Crippen molar-refractivity contribution in [3.05, 3.63) is 471 Å². The minimum atomic E-state index is -0.816. The maximum absolute atomic E-state index is 7.54. The van der Waals surface area contributed by atoms with Crippen molar-refractivity contribution in [3.63, 3.8) is 0 Å². The number of terminal acetylenes is 2. The highest BCUT2D eigenvalue weighted by Gasteiger charge is 2.55. The maximum atomic E-state index is 7.54. The first-order chi connectivity index (χ1) is 60.0. The SMILES string of the molecule is C#CCOc1ccc(Cc2ccc3c(c2)C(C)=CC2(O3)c3ccccc3-c3cc4cc(-c5cccc6c5C5C=CC=CC5C6(c5ccc(-c6ccc(C7(c8ccc9c%10c(ccc9c8)OC8(C=C%10C)C(/C=C\C=C)=C(C)c9cc%10ccccc%10cc98)c8ccccc8-c8ccccc87)cc6)cc5)c5ccc6cc(OCC#C)ccc6c5)ccc4cc32)cc1. The van der Waals surface area contributed by atoms with Gasteiger partial charge in [-0.2, -0.15) is 0 Å². The molecule has 5 unspecified atom stereocenters. The van der Waals surface area contributed by atoms with Crippen LogP contribution in [0.3, 0.4) is 0 Å². The molecule has 16 aromatic carbocycles. The van der Waals surface area contributed by atoms with Crippen LogP contribution in [0.1, 0.15) is 116 Å². The van der Waals surface area contributed by atoms with Crippen molar-refractivity contribution in [3.8, 4) is 92.2 Å². The van der Waals surface area contributed by atoms with Gasteiger partial charge in [-0.1, -0.05) is 291 Å². The summed E-state index contributed by atoms with van der Waals surface area (Å²) in [5, 5.41) is 9.27. The Kier molecular flexibility index (Phi) is 16.5. The van der Waals surface area contributed by atoms with E-state index in [9.17, 15) is 0 Å². The molecule has 0 N–H and O–H groups in total. The first kappa shape index (κ1) is 72.3. The first-order valence-electron chi connectivity index (χ1n) is 42.3. The number of fused-ring (bicyclic) bond motifs is 20. The fourth-order valence-electron chi connectivity index (χ4n) is 22.3. The minimum Gasteiger partial charge on any atom is -0.481 e. The standard InChI is InChI=1S/C118H82O4/c1-7-10-29-103-75(6)101-67-80-22-11-12-23-81(80)69-109(101)115(103)72-74(5)113-95-56-52-91(65-86(95)46-58-112(113)122-115)117(105-31-18-14-24-96(105)97-25-15-19-32-106(97)117)88-47-40-78(41-48-88)79-42-49-89(50-43-79)118(90-51-44-83-66-93(120-60-9-3)55-45-82(83)64-90)107-33-20-16-27-99(107)114-94(28-21-34-108(114)118)85-39-38-84-70-110-102(68-87(84)63-85)98-26-13-17-30-104(98)116(110)71-73(4)100-62-77(37-57-111(100)121-116)61-76-35-53-92(54-36-76)119-59-8-2/h2-3,7,10-58,62-72,99,107H,1,59-61H2,4-6H3/b29-10-. The Morgan fingerprint density at radius 2 is 0.943 bits per heavy atom. The lowest BCUT2D eigenvalue weighted by molar-refractivity contribution is 0.163. The zero-order chi connectivity index (χ0) is 81.7. The largest absolute Gasteiger partial charge is 0.481 e. The van der Waals surface area contributed by atoms with Crippen LogP contribution in [0.25, 0.3) is 104 Å². The molecule has 5 atom stereocenters. The van der Waals surface area contributed by atoms with Crippen LogP contribution in [0, 0.1) is 30.6 Å². The smallest absolute Gasteiger partial charge is 0.179 e. The Morgan fingerprint density at radius 3 is 1.70 bits per heavy atom. The molecule has 2 spiro atoms. The molecule has 0 amide bonds. The van der Waals surface area contributed by atoms with Gasteiger partial charge >= 0.3 is 0 Å². The predicted octanol–water partition coefficient (Wildman–Crippen LogP) is 27.7. The second-order valence-electron chi connectivity index (χ2n) is 33.8. The van der Waals surface area contributed by atoms with Gasteiger partial charge in [-0.25, -0.2) is 0 Å². The zero-order valence-corrected chi connectivity index (χ0v) is 68.0. The Balaban J connectivity index is 0.612. The molecule has 16 aromatic rings. The fraction of sp³-hybridized carbons (Fsp3) is 0.102. The summed E-state index contributed by atoms with van der Waals surface area (Å²) >= 11 is 0. The minimum absolute atomic E-state index is 0.0219. The summed E-state index contributed by atoms with van der Waals surface area (Å²) in [4.78, 5) is 0. The fourth-order valence-corrected chi connectivity index (χ4v) is 22.3. The van der Waals surface area contributed by atoms with E-state index in [1.54, 1.807) is 0 Å². The molecule has 5 aliphatic carbocycles. The van der Waals surface area contributed by atoms with Gasteiger partial charge < -0.3 is 18.9 Å². The van der Waals surface area contributed by atoms with Crippen LogP contribution < -0.4 is 18.9 Å². The summed E-state index contributed by atoms with van der Waals surface area (Å²) in [6, 6.07) is 118. The third-order valence-electron chi connectivity index (χ3n) is 27.5. The predicted molar refractivity (Wildman–Crippen MR) is 501 cm³/mol. The van der Waals surface area contributed by atoms with Crippen molar-refractivity contribution < 1.29 is 18.9 Å². The Labute approximate surface area is 711 Å². The number of rotatable bonds is 14. The van der Waals surface area contributed by atoms with Crippen molar-refractivity contribution in [1.29, 1.82) is 0 Å². The third kappa shape index (κ3) is 10.7. The van der Waals surface area contributed by atoms with Crippen molar-refractivity contribution in [2.75, 3.05) is 13.2 Å². The molecule has 4 nitrogen and oxygen atoms in total. The molecule has 0 aromatic heterocycles. The molecular weight excluding hydrogens is 1480 g/mol. The van der Waals surface area contributed by atoms with E-state index in [-0.39, 0.29) is 25.0 Å². The van der Waals surface area contributed by atoms with Crippen LogP contribution in [0.2, 0.25) is 0 Å². The van der Waals surface area contributed by atoms with Gasteiger partial charge in [0, 0.05) is 45.2 Å². The van der Waals surface area contributed by atoms with Gasteiger partial charge in [0.05, 0.1) is 10.8 Å². The van der Waals surface area contributed by atoms with Crippen molar-refractivity contribution in [2.45, 2.75) is 55.1 Å². The summed E-state index contributed by atoms with van der Waals surface area (Å²) in [5.41, 5.74) is 30.7. The zero-order valence-electron chi connectivity index (χ0n) is 68.0. The average Bonchev–Trinajstić information content (AvgIpc) is 1.54. The lowest BCUT2D eigenvalue weighted by Crippen LogP contribution is -2.35. The molecule has 2 heterocycles. The third-order valence-corrected chi connectivity index (χ3v) is 27.5. The Morgan fingerprint density at radius 1 is 0.393 bits per heavy atom. The normalized spacial score (nSPS) is 19.2. The molecule has 0 bridgehead atoms. The van der Waals surface area contributed by atoms with Gasteiger partial charge in [0.15, 0.2) is 11.2 Å². The molecule has 2 aliphatic heterocycles. The van der Waals surface area contributed by atoms with E-state index in [1.165, 1.54) is 127 Å². The van der Waals surface area contributed by atoms with E-state index in [0.29, 0.717) is 0 Å². The van der Waals surface area contributed by atoms with Gasteiger partial charge in [-0.15, -0.1) is 12.8 Å². The summed E-state index contributed by atoms with van der Waals surface area (Å²) in [7, 11) is 0. The Hall–Kier alpha value is -14.9. The molecule has 578 valence electrons. The molecule has 0 fully saturated rings. The molecule has 7 aliphatic rings. The van der Waals surface area contributed by atoms with Gasteiger partial charge in [0.2, 0.25) is 0 Å². The number of benzene rings is 16. The van der Waals surface area contributed by atoms with E-state index >= 15 is 0 Å². The van der Waals surface area contributed by atoms with Crippen molar-refractivity contribution >= 4 is 59.8 Å². The maximum Gasteiger partial charge on any atom is 0.179 e. The Bertz CT molecular complexity index is 7460. The number of hydrogen-bond donors (Lipinski definition) is 0. The second kappa shape index (κ2) is 27.8. The monoisotopic (exact) mass is 1560 g/mol. The molecule has 0 radical (unpaired) electrons. The van der Waals surface area contributed by atoms with E-state index in [0.717, 1.165) is 101 Å². The van der Waals surface area contributed by atoms with Gasteiger partial charge in [-0.05, 0) is 290 Å². The molecule has 0 saturated carbocycles. The second-order valence-corrected chi connectivity index (χ2v) is 33.8. The van der Waals surface area contributed by atoms with Crippen molar-refractivity contribution in [1.82, 2.24) is 0 Å². The van der Waals surface area contributed by atoms with Crippen LogP contribution in [0.5, 0.6) is 23.0 Å². The molecule has 23 rings (SSSR count). The van der Waals surface area contributed by atoms with Gasteiger partial charge in [0.25, 0.3) is 0 Å². The highest BCUT2D eigenvalue weighted by atomic mass is 16.5. The highest BCUT2D eigenvalue weighted by molar-refractivity contribution is 6.02. The summed E-state index contributed by atoms with van der Waals surface area (Å²) in [6.07, 6.45) is 32.2. The topological polar surface area (TPSA) is 36.9 Å². The van der Waals surface area contributed by atoms with Crippen LogP contribution in [-0.4, -0.2) is 13.2 Å². The number of ether oxygens (including phenoxy) is 4. The molecule has 122 heavy (non-hydrogen) atoms. The van der Waals surface area contributed by atoms with Crippen LogP contribution >= 0.6 is 0 Å². The quantitative estimate of drug-likeness (QED) is 0.0803. The highest BCUT2D eigenvalue weighted by Crippen LogP contribution is 2.64. The molecule has 0 saturated heterocycles. The molecular formula is C118H82O4. The number of hydrogen-bond acceptors (Lipinski definition) is 4. The van der Waals surface area contributed by atoms with E-state index in [2.05, 4.69) is 379 Å². The number of allylic oxidation sites excluding steroid dienone is 9. The first-order valence-corrected chi connectivity index (χ1v) is 42.3. The van der Waals surface area contributed by atoms with Crippen molar-refractivity contribution in [2.24, 2.45) is 5.92 Å². The molecule has 4 heteroatoms. The van der Waals surface area contributed by atoms with E-state index < -0.39 is 22.0 Å². The van der Waals surface area contributed by atoms with Gasteiger partial charge in [-0.3, -0.25) is 0 Å². The lowest BCUT2D eigenvalue weighted by Gasteiger charge is -2.39. The van der Waals surface area contributed by atoms with E-state index in [4.69, 9.17) is 31.8 Å². The van der Waals surface area contributed by atoms with Gasteiger partial charge in [0.1, 0.15) is 36.2 Å². The van der Waals surface area contributed by atoms with Crippen LogP contribution in [0.15, 0.2) is 382 Å². The van der Waals surface area contributed by atoms with E-state index in [1.807, 2.05) is 30.4 Å². The summed E-state index contributed by atoms with van der Waals surface area (Å²) in [6.45, 7) is 11.2. The summed E-state index contributed by atoms with van der Waals surface area (Å²) in [5.74, 6) is 8.54. The lowest BCUT2D eigenvalue weighted by atomic mass is 9.63. The van der Waals surface area contributed by atoms with Crippen LogP contribution in [-0.2, 0) is 28.5 Å². The van der Waals surface area contributed by atoms with Crippen LogP contribution in [0.4, 0.5) is 0 Å². The average molecular weight is 1560 g/mol. The summed E-state index contributed by atoms with van der Waals surface area (Å²) < 4.78 is 26.7.